The molecule has 1 aliphatic heterocycles. The van der Waals surface area contributed by atoms with Crippen LogP contribution in [-0.2, 0) is 11.3 Å². The lowest BCUT2D eigenvalue weighted by molar-refractivity contribution is -0.122. The second kappa shape index (κ2) is 7.45. The lowest BCUT2D eigenvalue weighted by atomic mass is 9.96. The number of piperidine rings is 1. The first kappa shape index (κ1) is 17.8. The Hall–Kier alpha value is -2.05. The minimum Gasteiger partial charge on any atom is -0.369 e. The highest BCUT2D eigenvalue weighted by Crippen LogP contribution is 2.27. The van der Waals surface area contributed by atoms with Crippen molar-refractivity contribution in [1.29, 1.82) is 0 Å². The van der Waals surface area contributed by atoms with Crippen molar-refractivity contribution >= 4 is 34.8 Å². The van der Waals surface area contributed by atoms with E-state index in [0.717, 1.165) is 5.56 Å². The van der Waals surface area contributed by atoms with E-state index in [1.807, 2.05) is 23.1 Å². The molecule has 2 heterocycles. The Kier molecular flexibility index (Phi) is 5.30. The Bertz CT molecular complexity index is 845. The van der Waals surface area contributed by atoms with Crippen LogP contribution in [0.4, 0.5) is 5.69 Å². The van der Waals surface area contributed by atoms with Gasteiger partial charge in [0.1, 0.15) is 5.02 Å². The molecule has 3 rings (SSSR count). The molecular weight excluding hydrogens is 363 g/mol. The number of rotatable bonds is 4. The van der Waals surface area contributed by atoms with E-state index >= 15 is 0 Å². The van der Waals surface area contributed by atoms with E-state index in [1.165, 1.54) is 4.68 Å². The van der Waals surface area contributed by atoms with Gasteiger partial charge in [-0.15, -0.1) is 0 Å². The third-order valence-electron chi connectivity index (χ3n) is 4.48. The largest absolute Gasteiger partial charge is 0.369 e. The van der Waals surface area contributed by atoms with Crippen molar-refractivity contribution in [3.05, 3.63) is 56.4 Å². The van der Waals surface area contributed by atoms with Crippen molar-refractivity contribution in [2.75, 3.05) is 18.0 Å². The smallest absolute Gasteiger partial charge is 0.287 e. The second-order valence-electron chi connectivity index (χ2n) is 6.06. The molecule has 1 aromatic carbocycles. The molecule has 0 radical (unpaired) electrons. The Labute approximate surface area is 155 Å². The summed E-state index contributed by atoms with van der Waals surface area (Å²) >= 11 is 12.4. The number of anilines is 1. The van der Waals surface area contributed by atoms with Crippen LogP contribution in [0.25, 0.3) is 0 Å². The molecule has 6 nitrogen and oxygen atoms in total. The van der Waals surface area contributed by atoms with Crippen LogP contribution in [0.15, 0.2) is 35.3 Å². The van der Waals surface area contributed by atoms with E-state index in [9.17, 15) is 9.59 Å². The zero-order chi connectivity index (χ0) is 18.0. The molecule has 0 aliphatic carbocycles. The molecule has 2 aromatic rings. The fourth-order valence-corrected chi connectivity index (χ4v) is 3.44. The molecule has 0 bridgehead atoms. The summed E-state index contributed by atoms with van der Waals surface area (Å²) in [5.74, 6) is -0.400. The lowest BCUT2D eigenvalue weighted by Crippen LogP contribution is -2.39. The number of primary amides is 1. The van der Waals surface area contributed by atoms with Gasteiger partial charge in [-0.1, -0.05) is 41.4 Å². The molecule has 1 saturated heterocycles. The number of amides is 1. The maximum absolute atomic E-state index is 12.5. The van der Waals surface area contributed by atoms with Gasteiger partial charge in [-0.05, 0) is 24.5 Å². The summed E-state index contributed by atoms with van der Waals surface area (Å²) < 4.78 is 1.29. The summed E-state index contributed by atoms with van der Waals surface area (Å²) in [6.45, 7) is 1.48. The van der Waals surface area contributed by atoms with Crippen molar-refractivity contribution in [2.45, 2.75) is 19.4 Å². The molecule has 2 N–H and O–H groups in total. The molecule has 0 spiro atoms. The summed E-state index contributed by atoms with van der Waals surface area (Å²) in [6, 6.07) is 7.28. The van der Waals surface area contributed by atoms with E-state index in [1.54, 1.807) is 12.3 Å². The summed E-state index contributed by atoms with van der Waals surface area (Å²) in [4.78, 5) is 25.8. The van der Waals surface area contributed by atoms with E-state index in [-0.39, 0.29) is 29.0 Å². The van der Waals surface area contributed by atoms with E-state index in [2.05, 4.69) is 5.10 Å². The number of aromatic nitrogens is 2. The fourth-order valence-electron chi connectivity index (χ4n) is 2.98. The number of nitrogens with zero attached hydrogens (tertiary/aromatic N) is 3. The zero-order valence-corrected chi connectivity index (χ0v) is 15.0. The first-order chi connectivity index (χ1) is 12.0. The van der Waals surface area contributed by atoms with Gasteiger partial charge in [-0.3, -0.25) is 9.59 Å². The quantitative estimate of drug-likeness (QED) is 0.881. The number of carbonyl (C=O) groups is 1. The van der Waals surface area contributed by atoms with E-state index in [4.69, 9.17) is 28.9 Å². The van der Waals surface area contributed by atoms with Gasteiger partial charge in [0.25, 0.3) is 5.56 Å². The van der Waals surface area contributed by atoms with Crippen LogP contribution >= 0.6 is 23.2 Å². The van der Waals surface area contributed by atoms with Gasteiger partial charge in [0.2, 0.25) is 5.91 Å². The molecule has 8 heteroatoms. The van der Waals surface area contributed by atoms with Crippen LogP contribution in [0.5, 0.6) is 0 Å². The third kappa shape index (κ3) is 3.80. The van der Waals surface area contributed by atoms with Crippen LogP contribution in [0.1, 0.15) is 18.4 Å². The average molecular weight is 381 g/mol. The first-order valence-corrected chi connectivity index (χ1v) is 8.76. The summed E-state index contributed by atoms with van der Waals surface area (Å²) in [5, 5.41) is 4.93. The molecular formula is C17H18Cl2N4O2. The Balaban J connectivity index is 1.81. The molecule has 1 aliphatic rings. The number of nitrogens with two attached hydrogens (primary N) is 1. The lowest BCUT2D eigenvalue weighted by Gasteiger charge is -2.32. The van der Waals surface area contributed by atoms with Crippen LogP contribution < -0.4 is 16.2 Å². The molecule has 132 valence electrons. The second-order valence-corrected chi connectivity index (χ2v) is 6.85. The highest BCUT2D eigenvalue weighted by molar-refractivity contribution is 6.33. The summed E-state index contributed by atoms with van der Waals surface area (Å²) in [5.41, 5.74) is 6.37. The number of hydrogen-bond acceptors (Lipinski definition) is 4. The first-order valence-electron chi connectivity index (χ1n) is 8.00. The predicted octanol–water partition coefficient (Wildman–Crippen LogP) is 2.30. The molecule has 1 amide bonds. The minimum absolute atomic E-state index is 0.122. The average Bonchev–Trinajstić information content (AvgIpc) is 2.61. The van der Waals surface area contributed by atoms with Crippen molar-refractivity contribution in [1.82, 2.24) is 9.78 Å². The molecule has 0 atom stereocenters. The molecule has 1 aromatic heterocycles. The maximum atomic E-state index is 12.5. The molecule has 1 fully saturated rings. The highest BCUT2D eigenvalue weighted by atomic mass is 35.5. The normalized spacial score (nSPS) is 15.4. The fraction of sp³-hybridized carbons (Fsp3) is 0.353. The van der Waals surface area contributed by atoms with Gasteiger partial charge in [-0.25, -0.2) is 4.68 Å². The van der Waals surface area contributed by atoms with Gasteiger partial charge >= 0.3 is 0 Å². The number of halogens is 2. The van der Waals surface area contributed by atoms with Crippen LogP contribution in [-0.4, -0.2) is 28.8 Å². The van der Waals surface area contributed by atoms with Gasteiger partial charge in [0, 0.05) is 24.0 Å². The molecule has 0 unspecified atom stereocenters. The van der Waals surface area contributed by atoms with Crippen molar-refractivity contribution in [3.8, 4) is 0 Å². The van der Waals surface area contributed by atoms with Gasteiger partial charge < -0.3 is 10.6 Å². The minimum atomic E-state index is -0.365. The topological polar surface area (TPSA) is 81.2 Å². The molecule has 25 heavy (non-hydrogen) atoms. The van der Waals surface area contributed by atoms with Gasteiger partial charge in [0.05, 0.1) is 18.4 Å². The number of carbonyl (C=O) groups excluding carboxylic acids is 1. The van der Waals surface area contributed by atoms with Crippen LogP contribution in [0.2, 0.25) is 10.0 Å². The third-order valence-corrected chi connectivity index (χ3v) is 5.21. The van der Waals surface area contributed by atoms with Crippen molar-refractivity contribution in [3.63, 3.8) is 0 Å². The van der Waals surface area contributed by atoms with Crippen LogP contribution in [0, 0.1) is 5.92 Å². The zero-order valence-electron chi connectivity index (χ0n) is 13.5. The van der Waals surface area contributed by atoms with E-state index in [0.29, 0.717) is 36.6 Å². The number of hydrogen-bond donors (Lipinski definition) is 1. The van der Waals surface area contributed by atoms with Crippen LogP contribution in [0.3, 0.4) is 0 Å². The van der Waals surface area contributed by atoms with Crippen molar-refractivity contribution < 1.29 is 4.79 Å². The summed E-state index contributed by atoms with van der Waals surface area (Å²) in [7, 11) is 0. The SMILES string of the molecule is NC(=O)C1CCN(c2cnn(Cc3ccccc3Cl)c(=O)c2Cl)CC1. The maximum Gasteiger partial charge on any atom is 0.287 e. The summed E-state index contributed by atoms with van der Waals surface area (Å²) in [6.07, 6.45) is 2.88. The monoisotopic (exact) mass is 380 g/mol. The highest BCUT2D eigenvalue weighted by Gasteiger charge is 2.25. The Morgan fingerprint density at radius 2 is 1.92 bits per heavy atom. The number of benzene rings is 1. The van der Waals surface area contributed by atoms with Gasteiger partial charge in [0.15, 0.2) is 0 Å². The standard InChI is InChI=1S/C17H18Cl2N4O2/c18-13-4-2-1-3-12(13)10-23-17(25)15(19)14(9-21-23)22-7-5-11(6-8-22)16(20)24/h1-4,9,11H,5-8,10H2,(H2,20,24). The Morgan fingerprint density at radius 3 is 2.56 bits per heavy atom. The van der Waals surface area contributed by atoms with E-state index < -0.39 is 0 Å². The van der Waals surface area contributed by atoms with Crippen molar-refractivity contribution in [2.24, 2.45) is 11.7 Å². The predicted molar refractivity (Wildman–Crippen MR) is 98.2 cm³/mol. The van der Waals surface area contributed by atoms with Gasteiger partial charge in [-0.2, -0.15) is 5.10 Å². The molecule has 0 saturated carbocycles. The Morgan fingerprint density at radius 1 is 1.24 bits per heavy atom.